The van der Waals surface area contributed by atoms with Crippen molar-refractivity contribution in [1.29, 1.82) is 0 Å². The third kappa shape index (κ3) is 3.36. The zero-order valence-electron chi connectivity index (χ0n) is 15.4. The Kier molecular flexibility index (Phi) is 4.84. The first-order chi connectivity index (χ1) is 13.7. The fourth-order valence-electron chi connectivity index (χ4n) is 3.36. The van der Waals surface area contributed by atoms with Crippen molar-refractivity contribution in [2.75, 3.05) is 43.1 Å². The van der Waals surface area contributed by atoms with Crippen LogP contribution in [0.5, 0.6) is 5.75 Å². The summed E-state index contributed by atoms with van der Waals surface area (Å²) in [6.07, 6.45) is 3.53. The van der Waals surface area contributed by atoms with Gasteiger partial charge in [0.15, 0.2) is 17.1 Å². The van der Waals surface area contributed by atoms with Crippen LogP contribution in [0, 0.1) is 0 Å². The Bertz CT molecular complexity index is 948. The molecule has 1 N–H and O–H groups in total. The lowest BCUT2D eigenvalue weighted by Gasteiger charge is -2.36. The number of carboxylic acid groups (broad SMARTS) is 1. The first-order valence-electron chi connectivity index (χ1n) is 8.94. The van der Waals surface area contributed by atoms with Crippen molar-refractivity contribution in [1.82, 2.24) is 10.1 Å². The molecule has 0 spiro atoms. The third-order valence-electron chi connectivity index (χ3n) is 4.85. The molecule has 144 valence electrons. The molecule has 0 saturated carbocycles. The van der Waals surface area contributed by atoms with E-state index in [0.29, 0.717) is 30.2 Å². The van der Waals surface area contributed by atoms with E-state index >= 15 is 0 Å². The van der Waals surface area contributed by atoms with Gasteiger partial charge in [-0.2, -0.15) is 0 Å². The number of nitrogens with zero attached hydrogens (tertiary/aromatic N) is 4. The predicted molar refractivity (Wildman–Crippen MR) is 104 cm³/mol. The molecule has 0 bridgehead atoms. The highest BCUT2D eigenvalue weighted by Crippen LogP contribution is 2.33. The molecular weight excluding hydrogens is 360 g/mol. The van der Waals surface area contributed by atoms with E-state index in [9.17, 15) is 9.90 Å². The van der Waals surface area contributed by atoms with E-state index in [4.69, 9.17) is 9.26 Å². The van der Waals surface area contributed by atoms with Gasteiger partial charge in [0, 0.05) is 49.8 Å². The number of hydrogen-bond donors (Lipinski definition) is 1. The Hall–Kier alpha value is -3.55. The number of ether oxygens (including phenoxy) is 1. The fourth-order valence-corrected chi connectivity index (χ4v) is 3.36. The second-order valence-electron chi connectivity index (χ2n) is 6.42. The largest absolute Gasteiger partial charge is 0.497 e. The van der Waals surface area contributed by atoms with E-state index in [1.165, 1.54) is 0 Å². The van der Waals surface area contributed by atoms with Crippen LogP contribution in [0.3, 0.4) is 0 Å². The molecular formula is C20H20N4O4. The fraction of sp³-hybridized carbons (Fsp3) is 0.250. The van der Waals surface area contributed by atoms with Gasteiger partial charge in [-0.1, -0.05) is 5.16 Å². The summed E-state index contributed by atoms with van der Waals surface area (Å²) in [5.41, 5.74) is 1.84. The summed E-state index contributed by atoms with van der Waals surface area (Å²) in [5.74, 6) is 0.251. The maximum absolute atomic E-state index is 12.0. The lowest BCUT2D eigenvalue weighted by molar-refractivity contribution is 0.0698. The summed E-state index contributed by atoms with van der Waals surface area (Å²) in [5, 5.41) is 13.9. The molecule has 0 radical (unpaired) electrons. The first-order valence-corrected chi connectivity index (χ1v) is 8.94. The number of carbonyl (C=O) groups is 1. The van der Waals surface area contributed by atoms with Crippen molar-refractivity contribution < 1.29 is 19.2 Å². The SMILES string of the molecule is COc1ccc(-c2onc(N3CCN(c4ccncc4)CC3)c2C(=O)O)cc1. The quantitative estimate of drug-likeness (QED) is 0.722. The molecule has 1 aromatic carbocycles. The molecule has 1 aliphatic heterocycles. The summed E-state index contributed by atoms with van der Waals surface area (Å²) >= 11 is 0. The van der Waals surface area contributed by atoms with E-state index in [2.05, 4.69) is 15.0 Å². The summed E-state index contributed by atoms with van der Waals surface area (Å²) in [7, 11) is 1.58. The molecule has 0 atom stereocenters. The average molecular weight is 380 g/mol. The van der Waals surface area contributed by atoms with Crippen LogP contribution in [0.4, 0.5) is 11.5 Å². The Balaban J connectivity index is 1.57. The maximum Gasteiger partial charge on any atom is 0.343 e. The molecule has 1 saturated heterocycles. The Morgan fingerprint density at radius 3 is 2.29 bits per heavy atom. The van der Waals surface area contributed by atoms with Gasteiger partial charge in [0.25, 0.3) is 0 Å². The number of carboxylic acids is 1. The van der Waals surface area contributed by atoms with Gasteiger partial charge in [0.2, 0.25) is 0 Å². The van der Waals surface area contributed by atoms with Gasteiger partial charge in [-0.3, -0.25) is 4.98 Å². The van der Waals surface area contributed by atoms with E-state index in [-0.39, 0.29) is 11.3 Å². The highest BCUT2D eigenvalue weighted by atomic mass is 16.5. The minimum atomic E-state index is -1.06. The van der Waals surface area contributed by atoms with E-state index in [1.807, 2.05) is 17.0 Å². The summed E-state index contributed by atoms with van der Waals surface area (Å²) in [4.78, 5) is 20.2. The van der Waals surface area contributed by atoms with Crippen molar-refractivity contribution >= 4 is 17.5 Å². The van der Waals surface area contributed by atoms with Gasteiger partial charge in [0.1, 0.15) is 5.75 Å². The molecule has 0 unspecified atom stereocenters. The second kappa shape index (κ2) is 7.59. The minimum Gasteiger partial charge on any atom is -0.497 e. The Morgan fingerprint density at radius 1 is 1.04 bits per heavy atom. The number of anilines is 2. The third-order valence-corrected chi connectivity index (χ3v) is 4.85. The maximum atomic E-state index is 12.0. The van der Waals surface area contributed by atoms with Crippen molar-refractivity contribution in [2.45, 2.75) is 0 Å². The summed E-state index contributed by atoms with van der Waals surface area (Å²) in [6, 6.07) is 11.0. The van der Waals surface area contributed by atoms with E-state index in [0.717, 1.165) is 18.8 Å². The average Bonchev–Trinajstić information content (AvgIpc) is 3.20. The van der Waals surface area contributed by atoms with Crippen molar-refractivity contribution in [2.24, 2.45) is 0 Å². The van der Waals surface area contributed by atoms with Crippen LogP contribution < -0.4 is 14.5 Å². The smallest absolute Gasteiger partial charge is 0.343 e. The number of pyridine rings is 1. The number of benzene rings is 1. The second-order valence-corrected chi connectivity index (χ2v) is 6.42. The normalized spacial score (nSPS) is 14.2. The molecule has 4 rings (SSSR count). The topological polar surface area (TPSA) is 91.9 Å². The molecule has 2 aromatic heterocycles. The van der Waals surface area contributed by atoms with Crippen molar-refractivity contribution in [3.63, 3.8) is 0 Å². The van der Waals surface area contributed by atoms with Crippen LogP contribution >= 0.6 is 0 Å². The molecule has 3 heterocycles. The van der Waals surface area contributed by atoms with E-state index < -0.39 is 5.97 Å². The molecule has 8 nitrogen and oxygen atoms in total. The number of hydrogen-bond acceptors (Lipinski definition) is 7. The Labute approximate surface area is 162 Å². The molecule has 1 aliphatic rings. The van der Waals surface area contributed by atoms with Gasteiger partial charge >= 0.3 is 5.97 Å². The van der Waals surface area contributed by atoms with Gasteiger partial charge in [-0.05, 0) is 36.4 Å². The lowest BCUT2D eigenvalue weighted by atomic mass is 10.1. The summed E-state index contributed by atoms with van der Waals surface area (Å²) in [6.45, 7) is 2.82. The monoisotopic (exact) mass is 380 g/mol. The van der Waals surface area contributed by atoms with Crippen LogP contribution in [0.2, 0.25) is 0 Å². The van der Waals surface area contributed by atoms with Crippen LogP contribution in [0.25, 0.3) is 11.3 Å². The van der Waals surface area contributed by atoms with Crippen LogP contribution in [0.1, 0.15) is 10.4 Å². The molecule has 1 fully saturated rings. The lowest BCUT2D eigenvalue weighted by Crippen LogP contribution is -2.47. The molecule has 8 heteroatoms. The molecule has 0 aliphatic carbocycles. The van der Waals surface area contributed by atoms with Gasteiger partial charge in [0.05, 0.1) is 7.11 Å². The number of piperazine rings is 1. The number of aromatic nitrogens is 2. The standard InChI is InChI=1S/C20H20N4O4/c1-27-16-4-2-14(3-5-16)18-17(20(25)26)19(22-28-18)24-12-10-23(11-13-24)15-6-8-21-9-7-15/h2-9H,10-13H2,1H3,(H,25,26). The first kappa shape index (κ1) is 17.8. The highest BCUT2D eigenvalue weighted by Gasteiger charge is 2.29. The van der Waals surface area contributed by atoms with E-state index in [1.54, 1.807) is 43.8 Å². The van der Waals surface area contributed by atoms with Crippen LogP contribution in [-0.4, -0.2) is 54.5 Å². The molecule has 28 heavy (non-hydrogen) atoms. The van der Waals surface area contributed by atoms with Gasteiger partial charge in [-0.15, -0.1) is 0 Å². The van der Waals surface area contributed by atoms with Gasteiger partial charge < -0.3 is 24.2 Å². The van der Waals surface area contributed by atoms with Crippen molar-refractivity contribution in [3.05, 3.63) is 54.4 Å². The summed E-state index contributed by atoms with van der Waals surface area (Å²) < 4.78 is 10.6. The molecule has 0 amide bonds. The number of aromatic carboxylic acids is 1. The zero-order valence-corrected chi connectivity index (χ0v) is 15.4. The zero-order chi connectivity index (χ0) is 19.5. The Morgan fingerprint density at radius 2 is 1.68 bits per heavy atom. The number of methoxy groups -OCH3 is 1. The molecule has 3 aromatic rings. The minimum absolute atomic E-state index is 0.0857. The van der Waals surface area contributed by atoms with Crippen LogP contribution in [-0.2, 0) is 0 Å². The number of rotatable bonds is 5. The highest BCUT2D eigenvalue weighted by molar-refractivity contribution is 5.99. The van der Waals surface area contributed by atoms with Crippen molar-refractivity contribution in [3.8, 4) is 17.1 Å². The van der Waals surface area contributed by atoms with Gasteiger partial charge in [-0.25, -0.2) is 4.79 Å². The predicted octanol–water partition coefficient (Wildman–Crippen LogP) is 2.77. The van der Waals surface area contributed by atoms with Crippen LogP contribution in [0.15, 0.2) is 53.3 Å².